The summed E-state index contributed by atoms with van der Waals surface area (Å²) < 4.78 is 0. The van der Waals surface area contributed by atoms with Gasteiger partial charge in [-0.15, -0.1) is 0 Å². The first-order chi connectivity index (χ1) is 6.45. The number of aliphatic hydroxyl groups is 1. The van der Waals surface area contributed by atoms with Gasteiger partial charge in [0.05, 0.1) is 6.10 Å². The van der Waals surface area contributed by atoms with E-state index in [-0.39, 0.29) is 11.6 Å². The van der Waals surface area contributed by atoms with Gasteiger partial charge in [0, 0.05) is 24.7 Å². The Balaban J connectivity index is 4.37. The number of carbonyl (C=O) groups is 2. The third kappa shape index (κ3) is 3.22. The first-order valence-electron chi connectivity index (χ1n) is 5.19. The van der Waals surface area contributed by atoms with Crippen LogP contribution in [0.3, 0.4) is 0 Å². The maximum Gasteiger partial charge on any atom is 0.138 e. The summed E-state index contributed by atoms with van der Waals surface area (Å²) in [5.74, 6) is -0.863. The topological polar surface area (TPSA) is 54.4 Å². The molecule has 0 aliphatic rings. The average molecular weight is 200 g/mol. The highest BCUT2D eigenvalue weighted by Gasteiger charge is 2.28. The summed E-state index contributed by atoms with van der Waals surface area (Å²) in [6, 6.07) is 0. The number of rotatable bonds is 6. The normalized spacial score (nSPS) is 15.3. The highest BCUT2D eigenvalue weighted by atomic mass is 16.3. The van der Waals surface area contributed by atoms with E-state index in [1.54, 1.807) is 27.7 Å². The predicted octanol–water partition coefficient (Wildman–Crippen LogP) is 1.58. The van der Waals surface area contributed by atoms with E-state index in [4.69, 9.17) is 0 Å². The van der Waals surface area contributed by atoms with Gasteiger partial charge in [-0.05, 0) is 0 Å². The fraction of sp³-hybridized carbons (Fsp3) is 0.818. The fourth-order valence-corrected chi connectivity index (χ4v) is 1.46. The van der Waals surface area contributed by atoms with Gasteiger partial charge in [-0.1, -0.05) is 27.7 Å². The summed E-state index contributed by atoms with van der Waals surface area (Å²) >= 11 is 0. The zero-order valence-electron chi connectivity index (χ0n) is 9.41. The molecule has 1 N–H and O–H groups in total. The molecule has 0 spiro atoms. The van der Waals surface area contributed by atoms with Crippen LogP contribution in [0.25, 0.3) is 0 Å². The maximum atomic E-state index is 11.3. The van der Waals surface area contributed by atoms with Gasteiger partial charge in [0.15, 0.2) is 0 Å². The summed E-state index contributed by atoms with van der Waals surface area (Å²) in [5, 5.41) is 9.75. The Morgan fingerprint density at radius 2 is 1.29 bits per heavy atom. The summed E-state index contributed by atoms with van der Waals surface area (Å²) in [7, 11) is 0. The van der Waals surface area contributed by atoms with Crippen molar-refractivity contribution in [2.75, 3.05) is 0 Å². The first-order valence-corrected chi connectivity index (χ1v) is 5.19. The van der Waals surface area contributed by atoms with Gasteiger partial charge >= 0.3 is 0 Å². The van der Waals surface area contributed by atoms with Crippen LogP contribution in [0.5, 0.6) is 0 Å². The summed E-state index contributed by atoms with van der Waals surface area (Å²) in [4.78, 5) is 22.6. The van der Waals surface area contributed by atoms with E-state index in [9.17, 15) is 14.7 Å². The van der Waals surface area contributed by atoms with Gasteiger partial charge in [-0.25, -0.2) is 0 Å². The minimum atomic E-state index is -0.838. The second-order valence-corrected chi connectivity index (χ2v) is 3.71. The van der Waals surface area contributed by atoms with E-state index in [1.807, 2.05) is 0 Å². The molecule has 0 aromatic rings. The molecule has 0 bridgehead atoms. The van der Waals surface area contributed by atoms with Crippen LogP contribution in [0.1, 0.15) is 40.5 Å². The maximum absolute atomic E-state index is 11.3. The van der Waals surface area contributed by atoms with Gasteiger partial charge in [-0.2, -0.15) is 0 Å². The third-order valence-electron chi connectivity index (χ3n) is 2.74. The third-order valence-corrected chi connectivity index (χ3v) is 2.74. The minimum absolute atomic E-state index is 0.00764. The molecule has 0 amide bonds. The van der Waals surface area contributed by atoms with Crippen LogP contribution in [0.15, 0.2) is 0 Å². The van der Waals surface area contributed by atoms with Crippen LogP contribution in [0.4, 0.5) is 0 Å². The predicted molar refractivity (Wildman–Crippen MR) is 54.9 cm³/mol. The molecule has 3 nitrogen and oxygen atoms in total. The Bertz CT molecular complexity index is 189. The molecule has 2 atom stereocenters. The molecule has 0 saturated heterocycles. The Kier molecular flexibility index (Phi) is 5.62. The van der Waals surface area contributed by atoms with Crippen molar-refractivity contribution in [1.82, 2.24) is 0 Å². The van der Waals surface area contributed by atoms with Crippen molar-refractivity contribution in [2.45, 2.75) is 46.6 Å². The molecule has 0 saturated carbocycles. The van der Waals surface area contributed by atoms with Crippen molar-refractivity contribution in [1.29, 1.82) is 0 Å². The van der Waals surface area contributed by atoms with Crippen molar-refractivity contribution in [2.24, 2.45) is 11.8 Å². The molecule has 0 fully saturated rings. The molecule has 0 heterocycles. The lowest BCUT2D eigenvalue weighted by Gasteiger charge is -2.22. The van der Waals surface area contributed by atoms with Crippen molar-refractivity contribution in [3.63, 3.8) is 0 Å². The largest absolute Gasteiger partial charge is 0.392 e. The molecule has 82 valence electrons. The molecule has 0 aliphatic heterocycles. The second-order valence-electron chi connectivity index (χ2n) is 3.71. The summed E-state index contributed by atoms with van der Waals surface area (Å²) in [6.07, 6.45) is -0.0221. The molecule has 0 aromatic carbocycles. The van der Waals surface area contributed by atoms with E-state index in [1.165, 1.54) is 0 Å². The number of ketones is 2. The Hall–Kier alpha value is -0.700. The lowest BCUT2D eigenvalue weighted by atomic mass is 9.86. The molecular formula is C11H20O3. The van der Waals surface area contributed by atoms with E-state index in [2.05, 4.69) is 0 Å². The van der Waals surface area contributed by atoms with Crippen LogP contribution in [0, 0.1) is 11.8 Å². The summed E-state index contributed by atoms with van der Waals surface area (Å²) in [6.45, 7) is 6.88. The van der Waals surface area contributed by atoms with Gasteiger partial charge in [0.1, 0.15) is 11.6 Å². The van der Waals surface area contributed by atoms with Crippen LogP contribution in [-0.2, 0) is 9.59 Å². The quantitative estimate of drug-likeness (QED) is 0.708. The van der Waals surface area contributed by atoms with Crippen LogP contribution in [0.2, 0.25) is 0 Å². The Morgan fingerprint density at radius 3 is 1.50 bits per heavy atom. The van der Waals surface area contributed by atoms with Gasteiger partial charge < -0.3 is 5.11 Å². The van der Waals surface area contributed by atoms with Gasteiger partial charge in [-0.3, -0.25) is 9.59 Å². The number of hydrogen-bond acceptors (Lipinski definition) is 3. The molecule has 0 rings (SSSR count). The molecule has 0 aliphatic carbocycles. The molecule has 14 heavy (non-hydrogen) atoms. The summed E-state index contributed by atoms with van der Waals surface area (Å²) in [5.41, 5.74) is 0. The number of carbonyl (C=O) groups excluding carboxylic acids is 2. The number of Topliss-reactive ketones (excluding diaryl/α,β-unsaturated/α-hetero) is 2. The lowest BCUT2D eigenvalue weighted by Crippen LogP contribution is -2.34. The molecule has 0 radical (unpaired) electrons. The van der Waals surface area contributed by atoms with Crippen molar-refractivity contribution < 1.29 is 14.7 Å². The molecule has 0 unspecified atom stereocenters. The highest BCUT2D eigenvalue weighted by molar-refractivity contribution is 5.84. The van der Waals surface area contributed by atoms with Gasteiger partial charge in [0.2, 0.25) is 0 Å². The average Bonchev–Trinajstić information content (AvgIpc) is 2.23. The van der Waals surface area contributed by atoms with Crippen LogP contribution >= 0.6 is 0 Å². The zero-order valence-corrected chi connectivity index (χ0v) is 9.41. The van der Waals surface area contributed by atoms with E-state index in [0.29, 0.717) is 12.8 Å². The SMILES string of the molecule is CCC(=O)[C@@H](C)C(O)[C@H](C)C(=O)CC. The van der Waals surface area contributed by atoms with Crippen LogP contribution in [-0.4, -0.2) is 22.8 Å². The highest BCUT2D eigenvalue weighted by Crippen LogP contribution is 2.17. The minimum Gasteiger partial charge on any atom is -0.392 e. The van der Waals surface area contributed by atoms with Crippen molar-refractivity contribution in [3.8, 4) is 0 Å². The smallest absolute Gasteiger partial charge is 0.138 e. The van der Waals surface area contributed by atoms with E-state index in [0.717, 1.165) is 0 Å². The van der Waals surface area contributed by atoms with Crippen molar-refractivity contribution in [3.05, 3.63) is 0 Å². The monoisotopic (exact) mass is 200 g/mol. The number of aliphatic hydroxyl groups excluding tert-OH is 1. The van der Waals surface area contributed by atoms with Gasteiger partial charge in [0.25, 0.3) is 0 Å². The number of hydrogen-bond donors (Lipinski definition) is 1. The zero-order chi connectivity index (χ0) is 11.3. The Morgan fingerprint density at radius 1 is 1.00 bits per heavy atom. The van der Waals surface area contributed by atoms with Crippen molar-refractivity contribution >= 4 is 11.6 Å². The van der Waals surface area contributed by atoms with E-state index >= 15 is 0 Å². The Labute approximate surface area is 85.5 Å². The lowest BCUT2D eigenvalue weighted by molar-refractivity contribution is -0.131. The van der Waals surface area contributed by atoms with Crippen LogP contribution < -0.4 is 0 Å². The molecule has 3 heteroatoms. The molecular weight excluding hydrogens is 180 g/mol. The molecule has 0 aromatic heterocycles. The van der Waals surface area contributed by atoms with E-state index < -0.39 is 17.9 Å². The fourth-order valence-electron chi connectivity index (χ4n) is 1.46. The standard InChI is InChI=1S/C11H20O3/c1-5-9(12)7(3)11(14)8(4)10(13)6-2/h7-8,11,14H,5-6H2,1-4H3/t7-,8-/m1/s1. The second kappa shape index (κ2) is 5.91. The first kappa shape index (κ1) is 13.3.